The van der Waals surface area contributed by atoms with E-state index in [1.165, 1.54) is 4.90 Å². The fraction of sp³-hybridized carbons (Fsp3) is 0. The van der Waals surface area contributed by atoms with Gasteiger partial charge in [-0.15, -0.1) is 0 Å². The molecule has 1 aliphatic rings. The van der Waals surface area contributed by atoms with E-state index in [0.29, 0.717) is 15.8 Å². The number of carbonyl (C=O) groups excluding carboxylic acids is 1. The predicted molar refractivity (Wildman–Crippen MR) is 96.8 cm³/mol. The van der Waals surface area contributed by atoms with Crippen molar-refractivity contribution in [1.82, 2.24) is 5.32 Å². The van der Waals surface area contributed by atoms with Gasteiger partial charge in [-0.05, 0) is 60.3 Å². The SMILES string of the molecule is O=C1/C(=C/c2cccc(Cl)c2)NC(=S)N1c1ccc(Br)cc1. The maximum atomic E-state index is 12.6. The molecule has 3 nitrogen and oxygen atoms in total. The summed E-state index contributed by atoms with van der Waals surface area (Å²) >= 11 is 14.6. The molecule has 2 aromatic rings. The van der Waals surface area contributed by atoms with Gasteiger partial charge in [0.25, 0.3) is 5.91 Å². The van der Waals surface area contributed by atoms with Crippen molar-refractivity contribution in [1.29, 1.82) is 0 Å². The summed E-state index contributed by atoms with van der Waals surface area (Å²) in [4.78, 5) is 14.0. The van der Waals surface area contributed by atoms with Crippen LogP contribution in [0.2, 0.25) is 5.02 Å². The number of rotatable bonds is 2. The average Bonchev–Trinajstić information content (AvgIpc) is 2.75. The number of nitrogens with zero attached hydrogens (tertiary/aromatic N) is 1. The molecule has 0 spiro atoms. The monoisotopic (exact) mass is 392 g/mol. The Balaban J connectivity index is 1.93. The Morgan fingerprint density at radius 3 is 2.59 bits per heavy atom. The molecular formula is C16H10BrClN2OS. The van der Waals surface area contributed by atoms with E-state index < -0.39 is 0 Å². The molecule has 22 heavy (non-hydrogen) atoms. The first-order chi connectivity index (χ1) is 10.5. The van der Waals surface area contributed by atoms with Gasteiger partial charge in [0.05, 0.1) is 5.69 Å². The number of halogens is 2. The zero-order chi connectivity index (χ0) is 15.7. The number of hydrogen-bond acceptors (Lipinski definition) is 2. The van der Waals surface area contributed by atoms with Crippen LogP contribution in [0.1, 0.15) is 5.56 Å². The highest BCUT2D eigenvalue weighted by Gasteiger charge is 2.31. The number of thiocarbonyl (C=S) groups is 1. The van der Waals surface area contributed by atoms with Crippen molar-refractivity contribution in [3.05, 3.63) is 69.3 Å². The molecule has 3 rings (SSSR count). The largest absolute Gasteiger partial charge is 0.327 e. The van der Waals surface area contributed by atoms with Crippen molar-refractivity contribution in [3.8, 4) is 0 Å². The first-order valence-corrected chi connectivity index (χ1v) is 8.01. The van der Waals surface area contributed by atoms with Crippen LogP contribution in [-0.2, 0) is 4.79 Å². The van der Waals surface area contributed by atoms with Gasteiger partial charge in [0.1, 0.15) is 5.70 Å². The number of benzene rings is 2. The predicted octanol–water partition coefficient (Wildman–Crippen LogP) is 4.36. The molecule has 1 aliphatic heterocycles. The van der Waals surface area contributed by atoms with Crippen LogP contribution in [0.3, 0.4) is 0 Å². The molecule has 0 atom stereocenters. The number of nitrogens with one attached hydrogen (secondary N) is 1. The molecule has 1 N–H and O–H groups in total. The Labute approximate surface area is 146 Å². The van der Waals surface area contributed by atoms with Gasteiger partial charge >= 0.3 is 0 Å². The van der Waals surface area contributed by atoms with Crippen LogP contribution in [0.4, 0.5) is 5.69 Å². The zero-order valence-corrected chi connectivity index (χ0v) is 14.4. The minimum atomic E-state index is -0.188. The molecule has 0 aliphatic carbocycles. The van der Waals surface area contributed by atoms with Crippen LogP contribution in [-0.4, -0.2) is 11.0 Å². The van der Waals surface area contributed by atoms with E-state index in [-0.39, 0.29) is 5.91 Å². The highest BCUT2D eigenvalue weighted by atomic mass is 79.9. The fourth-order valence-electron chi connectivity index (χ4n) is 2.12. The zero-order valence-electron chi connectivity index (χ0n) is 11.2. The van der Waals surface area contributed by atoms with Gasteiger partial charge < -0.3 is 5.32 Å². The lowest BCUT2D eigenvalue weighted by Gasteiger charge is -2.13. The molecule has 1 saturated heterocycles. The molecule has 2 aromatic carbocycles. The van der Waals surface area contributed by atoms with E-state index in [1.807, 2.05) is 36.4 Å². The first-order valence-electron chi connectivity index (χ1n) is 6.43. The van der Waals surface area contributed by atoms with Gasteiger partial charge in [-0.25, -0.2) is 0 Å². The van der Waals surface area contributed by atoms with Crippen molar-refractivity contribution in [3.63, 3.8) is 0 Å². The lowest BCUT2D eigenvalue weighted by molar-refractivity contribution is -0.113. The third kappa shape index (κ3) is 3.06. The quantitative estimate of drug-likeness (QED) is 0.607. The minimum Gasteiger partial charge on any atom is -0.327 e. The molecule has 0 aromatic heterocycles. The van der Waals surface area contributed by atoms with Crippen LogP contribution in [0.25, 0.3) is 6.08 Å². The Bertz CT molecular complexity index is 789. The van der Waals surface area contributed by atoms with E-state index in [1.54, 1.807) is 18.2 Å². The summed E-state index contributed by atoms with van der Waals surface area (Å²) in [6.45, 7) is 0. The highest BCUT2D eigenvalue weighted by Crippen LogP contribution is 2.24. The summed E-state index contributed by atoms with van der Waals surface area (Å²) in [5.41, 5.74) is 1.99. The van der Waals surface area contributed by atoms with E-state index in [4.69, 9.17) is 23.8 Å². The minimum absolute atomic E-state index is 0.188. The van der Waals surface area contributed by atoms with Crippen molar-refractivity contribution in [2.45, 2.75) is 0 Å². The summed E-state index contributed by atoms with van der Waals surface area (Å²) in [5.74, 6) is -0.188. The Morgan fingerprint density at radius 2 is 1.91 bits per heavy atom. The lowest BCUT2D eigenvalue weighted by Crippen LogP contribution is -2.30. The number of carbonyl (C=O) groups is 1. The molecule has 0 bridgehead atoms. The van der Waals surface area contributed by atoms with Crippen LogP contribution >= 0.6 is 39.7 Å². The third-order valence-corrected chi connectivity index (χ3v) is 4.17. The summed E-state index contributed by atoms with van der Waals surface area (Å²) in [7, 11) is 0. The molecule has 0 radical (unpaired) electrons. The van der Waals surface area contributed by atoms with Crippen LogP contribution in [0.5, 0.6) is 0 Å². The van der Waals surface area contributed by atoms with Gasteiger partial charge in [-0.3, -0.25) is 9.69 Å². The molecule has 0 saturated carbocycles. The number of amides is 1. The van der Waals surface area contributed by atoms with E-state index in [2.05, 4.69) is 21.2 Å². The van der Waals surface area contributed by atoms with Gasteiger partial charge in [-0.2, -0.15) is 0 Å². The molecule has 110 valence electrons. The second kappa shape index (κ2) is 6.20. The lowest BCUT2D eigenvalue weighted by atomic mass is 10.2. The van der Waals surface area contributed by atoms with Crippen molar-refractivity contribution >= 4 is 62.5 Å². The van der Waals surface area contributed by atoms with E-state index in [9.17, 15) is 4.79 Å². The topological polar surface area (TPSA) is 32.3 Å². The second-order valence-electron chi connectivity index (χ2n) is 4.66. The van der Waals surface area contributed by atoms with E-state index in [0.717, 1.165) is 15.7 Å². The van der Waals surface area contributed by atoms with Gasteiger partial charge in [0, 0.05) is 9.50 Å². The molecule has 1 amide bonds. The maximum absolute atomic E-state index is 12.6. The standard InChI is InChI=1S/C16H10BrClN2OS/c17-11-4-6-13(7-5-11)20-15(21)14(19-16(20)22)9-10-2-1-3-12(18)8-10/h1-9H,(H,19,22)/b14-9-. The second-order valence-corrected chi connectivity index (χ2v) is 6.40. The summed E-state index contributed by atoms with van der Waals surface area (Å²) < 4.78 is 0.941. The van der Waals surface area contributed by atoms with Crippen LogP contribution in [0, 0.1) is 0 Å². The Morgan fingerprint density at radius 1 is 1.18 bits per heavy atom. The van der Waals surface area contributed by atoms with Crippen LogP contribution in [0.15, 0.2) is 58.7 Å². The van der Waals surface area contributed by atoms with Crippen molar-refractivity contribution < 1.29 is 4.79 Å². The van der Waals surface area contributed by atoms with Gasteiger partial charge in [0.15, 0.2) is 5.11 Å². The van der Waals surface area contributed by atoms with Crippen molar-refractivity contribution in [2.75, 3.05) is 4.90 Å². The molecule has 6 heteroatoms. The summed E-state index contributed by atoms with van der Waals surface area (Å²) in [5, 5.41) is 3.93. The van der Waals surface area contributed by atoms with Gasteiger partial charge in [0.2, 0.25) is 0 Å². The highest BCUT2D eigenvalue weighted by molar-refractivity contribution is 9.10. The molecule has 0 unspecified atom stereocenters. The number of hydrogen-bond donors (Lipinski definition) is 1. The smallest absolute Gasteiger partial charge is 0.281 e. The van der Waals surface area contributed by atoms with E-state index >= 15 is 0 Å². The summed E-state index contributed by atoms with van der Waals surface area (Å²) in [6.07, 6.45) is 1.74. The molecular weight excluding hydrogens is 384 g/mol. The normalized spacial score (nSPS) is 16.3. The third-order valence-electron chi connectivity index (χ3n) is 3.12. The first kappa shape index (κ1) is 15.2. The fourth-order valence-corrected chi connectivity index (χ4v) is 2.88. The Kier molecular flexibility index (Phi) is 4.29. The maximum Gasteiger partial charge on any atom is 0.281 e. The van der Waals surface area contributed by atoms with Crippen molar-refractivity contribution in [2.24, 2.45) is 0 Å². The summed E-state index contributed by atoms with van der Waals surface area (Å²) in [6, 6.07) is 14.7. The average molecular weight is 394 g/mol. The Hall–Kier alpha value is -1.69. The molecule has 1 heterocycles. The van der Waals surface area contributed by atoms with Crippen LogP contribution < -0.4 is 10.2 Å². The number of anilines is 1. The molecule has 1 fully saturated rings. The van der Waals surface area contributed by atoms with Gasteiger partial charge in [-0.1, -0.05) is 39.7 Å².